The van der Waals surface area contributed by atoms with Gasteiger partial charge in [0.1, 0.15) is 5.65 Å². The van der Waals surface area contributed by atoms with Gasteiger partial charge in [0.15, 0.2) is 0 Å². The number of alkyl halides is 3. The number of carbonyl (C=O) groups excluding carboxylic acids is 3. The van der Waals surface area contributed by atoms with Crippen LogP contribution in [0.5, 0.6) is 0 Å². The largest absolute Gasteiger partial charge is 0.416 e. The maximum Gasteiger partial charge on any atom is 0.416 e. The number of imidazole rings is 1. The van der Waals surface area contributed by atoms with Gasteiger partial charge < -0.3 is 19.1 Å². The number of morpholine rings is 1. The molecule has 0 aliphatic carbocycles. The summed E-state index contributed by atoms with van der Waals surface area (Å²) in [6.45, 7) is 1.45. The Morgan fingerprint density at radius 2 is 1.77 bits per heavy atom. The lowest BCUT2D eigenvalue weighted by Gasteiger charge is -2.35. The number of nitrogens with one attached hydrogen (secondary N) is 1. The molecule has 1 aromatic carbocycles. The van der Waals surface area contributed by atoms with E-state index in [0.29, 0.717) is 42.1 Å². The van der Waals surface area contributed by atoms with E-state index in [4.69, 9.17) is 4.74 Å². The number of ether oxygens (including phenoxy) is 1. The van der Waals surface area contributed by atoms with Gasteiger partial charge >= 0.3 is 12.2 Å². The lowest BCUT2D eigenvalue weighted by molar-refractivity contribution is -0.137. The van der Waals surface area contributed by atoms with Gasteiger partial charge in [-0.15, -0.1) is 0 Å². The highest BCUT2D eigenvalue weighted by Crippen LogP contribution is 2.41. The first kappa shape index (κ1) is 26.0. The molecular weight excluding hydrogens is 565 g/mol. The minimum atomic E-state index is -4.68. The molecule has 8 rings (SSSR count). The molecule has 1 N–H and O–H groups in total. The molecule has 4 aliphatic rings. The Bertz CT molecular complexity index is 1890. The van der Waals surface area contributed by atoms with Crippen molar-refractivity contribution in [3.05, 3.63) is 71.3 Å². The van der Waals surface area contributed by atoms with E-state index in [2.05, 4.69) is 10.3 Å². The van der Waals surface area contributed by atoms with Gasteiger partial charge in [-0.3, -0.25) is 19.3 Å². The third-order valence-corrected chi connectivity index (χ3v) is 8.81. The molecule has 2 unspecified atom stereocenters. The van der Waals surface area contributed by atoms with Gasteiger partial charge in [0.05, 0.1) is 46.3 Å². The molecule has 13 heteroatoms. The highest BCUT2D eigenvalue weighted by Gasteiger charge is 2.40. The number of fused-ring (bicyclic) bond motifs is 3. The molecule has 7 heterocycles. The number of urea groups is 1. The molecule has 2 fully saturated rings. The Morgan fingerprint density at radius 3 is 2.53 bits per heavy atom. The van der Waals surface area contributed by atoms with Crippen LogP contribution >= 0.6 is 0 Å². The number of pyridine rings is 1. The van der Waals surface area contributed by atoms with Crippen molar-refractivity contribution in [3.8, 4) is 0 Å². The van der Waals surface area contributed by atoms with Crippen molar-refractivity contribution in [2.75, 3.05) is 19.6 Å². The van der Waals surface area contributed by atoms with Gasteiger partial charge in [-0.1, -0.05) is 6.07 Å². The number of imide groups is 1. The van der Waals surface area contributed by atoms with Gasteiger partial charge in [-0.2, -0.15) is 13.2 Å². The summed E-state index contributed by atoms with van der Waals surface area (Å²) < 4.78 is 52.1. The third-order valence-electron chi connectivity index (χ3n) is 8.81. The molecule has 220 valence electrons. The molecule has 3 aromatic heterocycles. The van der Waals surface area contributed by atoms with Crippen molar-refractivity contribution in [2.24, 2.45) is 0 Å². The van der Waals surface area contributed by atoms with Crippen LogP contribution in [0.2, 0.25) is 0 Å². The smallest absolute Gasteiger partial charge is 0.371 e. The molecule has 0 spiro atoms. The molecular formula is C30H25F3N6O4. The Hall–Kier alpha value is -4.65. The van der Waals surface area contributed by atoms with Crippen LogP contribution in [-0.4, -0.2) is 73.4 Å². The zero-order valence-electron chi connectivity index (χ0n) is 22.7. The first-order valence-corrected chi connectivity index (χ1v) is 14.1. The SMILES string of the molecule is O=C1NC(=O)C(c2cnc3ccccn23)=C1c1cn2c3c(cc(C(F)(F)F)cc13)CN(C(=O)N1CC3CCC(C1)O3)CC2. The second-order valence-corrected chi connectivity index (χ2v) is 11.4. The number of hydrogen-bond acceptors (Lipinski definition) is 5. The average Bonchev–Trinajstić information content (AvgIpc) is 3.69. The van der Waals surface area contributed by atoms with Crippen molar-refractivity contribution in [2.45, 2.75) is 44.3 Å². The predicted octanol–water partition coefficient (Wildman–Crippen LogP) is 3.67. The summed E-state index contributed by atoms with van der Waals surface area (Å²) in [5.41, 5.74) is 1.07. The number of hydrogen-bond donors (Lipinski definition) is 1. The molecule has 2 atom stereocenters. The summed E-state index contributed by atoms with van der Waals surface area (Å²) in [6, 6.07) is 7.16. The van der Waals surface area contributed by atoms with Gasteiger partial charge in [-0.25, -0.2) is 9.78 Å². The zero-order chi connectivity index (χ0) is 29.6. The quantitative estimate of drug-likeness (QED) is 0.359. The van der Waals surface area contributed by atoms with Crippen LogP contribution in [0, 0.1) is 0 Å². The number of likely N-dealkylation sites (tertiary alicyclic amines) is 1. The summed E-state index contributed by atoms with van der Waals surface area (Å²) >= 11 is 0. The lowest BCUT2D eigenvalue weighted by atomic mass is 9.96. The number of nitrogens with zero attached hydrogens (tertiary/aromatic N) is 5. The number of amides is 4. The van der Waals surface area contributed by atoms with Crippen LogP contribution in [-0.2, 0) is 33.6 Å². The van der Waals surface area contributed by atoms with E-state index in [9.17, 15) is 27.6 Å². The van der Waals surface area contributed by atoms with E-state index < -0.39 is 23.6 Å². The van der Waals surface area contributed by atoms with Crippen molar-refractivity contribution < 1.29 is 32.3 Å². The average molecular weight is 591 g/mol. The minimum Gasteiger partial charge on any atom is -0.371 e. The van der Waals surface area contributed by atoms with E-state index in [1.54, 1.807) is 49.4 Å². The highest BCUT2D eigenvalue weighted by atomic mass is 19.4. The fourth-order valence-corrected chi connectivity index (χ4v) is 6.91. The first-order valence-electron chi connectivity index (χ1n) is 14.1. The van der Waals surface area contributed by atoms with Gasteiger partial charge in [0, 0.05) is 56.1 Å². The summed E-state index contributed by atoms with van der Waals surface area (Å²) in [5, 5.41) is 2.51. The molecule has 10 nitrogen and oxygen atoms in total. The number of aromatic nitrogens is 3. The number of benzene rings is 1. The second-order valence-electron chi connectivity index (χ2n) is 11.4. The Labute approximate surface area is 242 Å². The fourth-order valence-electron chi connectivity index (χ4n) is 6.91. The van der Waals surface area contributed by atoms with Gasteiger partial charge in [0.2, 0.25) is 0 Å². The highest BCUT2D eigenvalue weighted by molar-refractivity contribution is 6.49. The van der Waals surface area contributed by atoms with E-state index in [1.165, 1.54) is 6.20 Å². The molecule has 0 radical (unpaired) electrons. The minimum absolute atomic E-state index is 0.0121. The number of carbonyl (C=O) groups is 3. The van der Waals surface area contributed by atoms with E-state index in [0.717, 1.165) is 25.0 Å². The molecule has 2 bridgehead atoms. The van der Waals surface area contributed by atoms with E-state index >= 15 is 0 Å². The van der Waals surface area contributed by atoms with Crippen LogP contribution in [0.15, 0.2) is 48.9 Å². The van der Waals surface area contributed by atoms with Crippen LogP contribution in [0.4, 0.5) is 18.0 Å². The topological polar surface area (TPSA) is 101 Å². The number of rotatable bonds is 2. The van der Waals surface area contributed by atoms with Crippen molar-refractivity contribution >= 4 is 45.5 Å². The molecule has 43 heavy (non-hydrogen) atoms. The second kappa shape index (κ2) is 9.17. The number of halogens is 3. The normalized spacial score (nSPS) is 22.2. The molecule has 4 aliphatic heterocycles. The van der Waals surface area contributed by atoms with Gasteiger partial charge in [0.25, 0.3) is 11.8 Å². The fraction of sp³-hybridized carbons (Fsp3) is 0.333. The van der Waals surface area contributed by atoms with E-state index in [-0.39, 0.29) is 53.4 Å². The molecule has 4 aromatic rings. The summed E-state index contributed by atoms with van der Waals surface area (Å²) in [7, 11) is 0. The standard InChI is InChI=1S/C30H25F3N6O4/c31-30(32,33)17-9-16-12-37(29(42)38-13-18-4-5-19(14-38)43-18)8-7-36-15-21(20(10-17)26(16)36)24-25(28(41)35-27(24)40)22-11-34-23-3-1-2-6-39(22)23/h1-3,6,9-11,15,18-19H,4-5,7-8,12-14H2,(H,35,40,41). The molecule has 2 saturated heterocycles. The summed E-state index contributed by atoms with van der Waals surface area (Å²) in [6.07, 6.45) is 1.86. The zero-order valence-corrected chi connectivity index (χ0v) is 22.7. The summed E-state index contributed by atoms with van der Waals surface area (Å²) in [4.78, 5) is 47.6. The van der Waals surface area contributed by atoms with E-state index in [1.807, 2.05) is 0 Å². The lowest BCUT2D eigenvalue weighted by Crippen LogP contribution is -2.51. The van der Waals surface area contributed by atoms with Crippen molar-refractivity contribution in [3.63, 3.8) is 0 Å². The Kier molecular flexibility index (Phi) is 5.55. The van der Waals surface area contributed by atoms with Gasteiger partial charge in [-0.05, 0) is 42.7 Å². The van der Waals surface area contributed by atoms with Crippen LogP contribution < -0.4 is 5.32 Å². The maximum absolute atomic E-state index is 14.3. The Morgan fingerprint density at radius 1 is 1.00 bits per heavy atom. The molecule has 0 saturated carbocycles. The third kappa shape index (κ3) is 4.05. The Balaban J connectivity index is 1.27. The van der Waals surface area contributed by atoms with Crippen molar-refractivity contribution in [1.82, 2.24) is 29.1 Å². The van der Waals surface area contributed by atoms with Crippen molar-refractivity contribution in [1.29, 1.82) is 0 Å². The van der Waals surface area contributed by atoms with Crippen LogP contribution in [0.25, 0.3) is 27.7 Å². The maximum atomic E-state index is 14.3. The monoisotopic (exact) mass is 590 g/mol. The van der Waals surface area contributed by atoms with Crippen LogP contribution in [0.3, 0.4) is 0 Å². The predicted molar refractivity (Wildman–Crippen MR) is 147 cm³/mol. The molecule has 4 amide bonds. The first-order chi connectivity index (χ1) is 20.7. The van der Waals surface area contributed by atoms with Crippen LogP contribution in [0.1, 0.15) is 35.2 Å². The summed E-state index contributed by atoms with van der Waals surface area (Å²) in [5.74, 6) is -1.35.